The third-order valence-corrected chi connectivity index (χ3v) is 2.51. The average Bonchev–Trinajstić information content (AvgIpc) is 2.41. The first-order chi connectivity index (χ1) is 9.11. The van der Waals surface area contributed by atoms with E-state index >= 15 is 0 Å². The topological polar surface area (TPSA) is 97.2 Å². The molecule has 19 heavy (non-hydrogen) atoms. The maximum atomic E-state index is 10.9. The molecule has 98 valence electrons. The van der Waals surface area contributed by atoms with Gasteiger partial charge in [-0.1, -0.05) is 0 Å². The third-order valence-electron chi connectivity index (χ3n) is 2.51. The van der Waals surface area contributed by atoms with Gasteiger partial charge in [-0.25, -0.2) is 19.7 Å². The van der Waals surface area contributed by atoms with Gasteiger partial charge in [0.05, 0.1) is 12.8 Å². The molecule has 0 radical (unpaired) electrons. The molecule has 0 atom stereocenters. The molecule has 0 aliphatic carbocycles. The quantitative estimate of drug-likeness (QED) is 0.875. The van der Waals surface area contributed by atoms with Gasteiger partial charge in [0.2, 0.25) is 0 Å². The lowest BCUT2D eigenvalue weighted by atomic mass is 10.1. The lowest BCUT2D eigenvalue weighted by molar-refractivity contribution is 0.209. The van der Waals surface area contributed by atoms with Crippen LogP contribution in [-0.2, 0) is 0 Å². The summed E-state index contributed by atoms with van der Waals surface area (Å²) in [6.45, 7) is 1.78. The Bertz CT molecular complexity index is 601. The fourth-order valence-corrected chi connectivity index (χ4v) is 1.70. The van der Waals surface area contributed by atoms with Gasteiger partial charge < -0.3 is 9.84 Å². The van der Waals surface area contributed by atoms with E-state index in [2.05, 4.69) is 20.3 Å². The SMILES string of the molecule is COc1cc(C)c(NC(=O)O)c(-c2ncncn2)c1. The van der Waals surface area contributed by atoms with E-state index in [1.54, 1.807) is 19.1 Å². The van der Waals surface area contributed by atoms with Crippen LogP contribution in [0, 0.1) is 6.92 Å². The van der Waals surface area contributed by atoms with Gasteiger partial charge in [0.25, 0.3) is 0 Å². The van der Waals surface area contributed by atoms with Crippen molar-refractivity contribution in [3.63, 3.8) is 0 Å². The van der Waals surface area contributed by atoms with Gasteiger partial charge in [-0.2, -0.15) is 0 Å². The number of rotatable bonds is 3. The smallest absolute Gasteiger partial charge is 0.409 e. The summed E-state index contributed by atoms with van der Waals surface area (Å²) in [4.78, 5) is 22.6. The molecule has 0 saturated heterocycles. The highest BCUT2D eigenvalue weighted by molar-refractivity contribution is 5.91. The van der Waals surface area contributed by atoms with Gasteiger partial charge in [0.1, 0.15) is 18.4 Å². The number of nitrogens with one attached hydrogen (secondary N) is 1. The summed E-state index contributed by atoms with van der Waals surface area (Å²) in [7, 11) is 1.54. The zero-order chi connectivity index (χ0) is 13.8. The van der Waals surface area contributed by atoms with Crippen LogP contribution < -0.4 is 10.1 Å². The lowest BCUT2D eigenvalue weighted by Gasteiger charge is -2.13. The van der Waals surface area contributed by atoms with Crippen molar-refractivity contribution in [2.75, 3.05) is 12.4 Å². The molecule has 0 saturated carbocycles. The minimum atomic E-state index is -1.15. The van der Waals surface area contributed by atoms with Crippen molar-refractivity contribution in [3.8, 4) is 17.1 Å². The Labute approximate surface area is 109 Å². The number of anilines is 1. The Balaban J connectivity index is 2.61. The van der Waals surface area contributed by atoms with E-state index < -0.39 is 6.09 Å². The van der Waals surface area contributed by atoms with Gasteiger partial charge in [-0.3, -0.25) is 5.32 Å². The molecular formula is C12H12N4O3. The number of ether oxygens (including phenoxy) is 1. The highest BCUT2D eigenvalue weighted by Gasteiger charge is 2.14. The molecule has 1 amide bonds. The number of nitrogens with zero attached hydrogens (tertiary/aromatic N) is 3. The second kappa shape index (κ2) is 5.30. The summed E-state index contributed by atoms with van der Waals surface area (Å²) in [5, 5.41) is 11.2. The zero-order valence-corrected chi connectivity index (χ0v) is 10.4. The van der Waals surface area contributed by atoms with E-state index in [-0.39, 0.29) is 0 Å². The van der Waals surface area contributed by atoms with Crippen LogP contribution >= 0.6 is 0 Å². The van der Waals surface area contributed by atoms with E-state index in [0.29, 0.717) is 22.8 Å². The first-order valence-corrected chi connectivity index (χ1v) is 5.42. The Morgan fingerprint density at radius 2 is 2.00 bits per heavy atom. The minimum Gasteiger partial charge on any atom is -0.497 e. The van der Waals surface area contributed by atoms with Gasteiger partial charge >= 0.3 is 6.09 Å². The van der Waals surface area contributed by atoms with Crippen molar-refractivity contribution in [1.29, 1.82) is 0 Å². The number of methoxy groups -OCH3 is 1. The van der Waals surface area contributed by atoms with Crippen LogP contribution in [-0.4, -0.2) is 33.3 Å². The number of carboxylic acid groups (broad SMARTS) is 1. The van der Waals surface area contributed by atoms with Crippen molar-refractivity contribution < 1.29 is 14.6 Å². The summed E-state index contributed by atoms with van der Waals surface area (Å²) < 4.78 is 5.17. The molecule has 0 fully saturated rings. The Morgan fingerprint density at radius 3 is 2.58 bits per heavy atom. The lowest BCUT2D eigenvalue weighted by Crippen LogP contribution is -2.10. The summed E-state index contributed by atoms with van der Waals surface area (Å²) in [6.07, 6.45) is 1.55. The van der Waals surface area contributed by atoms with Crippen LogP contribution in [0.15, 0.2) is 24.8 Å². The molecule has 7 heteroatoms. The molecule has 1 aromatic carbocycles. The molecule has 0 spiro atoms. The van der Waals surface area contributed by atoms with Crippen molar-refractivity contribution in [2.45, 2.75) is 6.92 Å². The van der Waals surface area contributed by atoms with Crippen LogP contribution in [0.25, 0.3) is 11.4 Å². The van der Waals surface area contributed by atoms with Crippen LogP contribution in [0.4, 0.5) is 10.5 Å². The molecule has 7 nitrogen and oxygen atoms in total. The van der Waals surface area contributed by atoms with Crippen LogP contribution in [0.1, 0.15) is 5.56 Å². The van der Waals surface area contributed by atoms with Gasteiger partial charge in [0.15, 0.2) is 5.82 Å². The number of aromatic nitrogens is 3. The molecule has 0 bridgehead atoms. The monoisotopic (exact) mass is 260 g/mol. The molecule has 2 aromatic rings. The summed E-state index contributed by atoms with van der Waals surface area (Å²) in [5.74, 6) is 0.976. The van der Waals surface area contributed by atoms with Gasteiger partial charge in [0, 0.05) is 5.56 Å². The van der Waals surface area contributed by atoms with E-state index in [1.807, 2.05) is 0 Å². The third kappa shape index (κ3) is 2.76. The van der Waals surface area contributed by atoms with E-state index in [0.717, 1.165) is 5.56 Å². The van der Waals surface area contributed by atoms with E-state index in [1.165, 1.54) is 19.8 Å². The van der Waals surface area contributed by atoms with Gasteiger partial charge in [-0.15, -0.1) is 0 Å². The summed E-state index contributed by atoms with van der Waals surface area (Å²) in [6, 6.07) is 3.41. The summed E-state index contributed by atoms with van der Waals surface area (Å²) in [5.41, 5.74) is 1.69. The number of amides is 1. The zero-order valence-electron chi connectivity index (χ0n) is 10.4. The van der Waals surface area contributed by atoms with Crippen molar-refractivity contribution >= 4 is 11.8 Å². The van der Waals surface area contributed by atoms with Crippen molar-refractivity contribution in [3.05, 3.63) is 30.4 Å². The van der Waals surface area contributed by atoms with Crippen molar-refractivity contribution in [1.82, 2.24) is 15.0 Å². The Morgan fingerprint density at radius 1 is 1.32 bits per heavy atom. The number of aryl methyl sites for hydroxylation is 1. The fourth-order valence-electron chi connectivity index (χ4n) is 1.70. The Hall–Kier alpha value is -2.70. The minimum absolute atomic E-state index is 0.376. The standard InChI is InChI=1S/C12H12N4O3/c1-7-3-8(19-2)4-9(10(7)16-12(17)18)11-14-5-13-6-15-11/h3-6,16H,1-2H3,(H,17,18). The van der Waals surface area contributed by atoms with E-state index in [4.69, 9.17) is 9.84 Å². The second-order valence-electron chi connectivity index (χ2n) is 3.76. The molecule has 0 aliphatic rings. The molecule has 2 rings (SSSR count). The number of carbonyl (C=O) groups is 1. The van der Waals surface area contributed by atoms with Crippen LogP contribution in [0.3, 0.4) is 0 Å². The molecular weight excluding hydrogens is 248 g/mol. The predicted molar refractivity (Wildman–Crippen MR) is 68.2 cm³/mol. The normalized spacial score (nSPS) is 10.0. The van der Waals surface area contributed by atoms with Crippen LogP contribution in [0.2, 0.25) is 0 Å². The molecule has 0 aliphatic heterocycles. The predicted octanol–water partition coefficient (Wildman–Crippen LogP) is 1.95. The largest absolute Gasteiger partial charge is 0.497 e. The highest BCUT2D eigenvalue weighted by Crippen LogP contribution is 2.32. The molecule has 1 heterocycles. The molecule has 2 N–H and O–H groups in total. The fraction of sp³-hybridized carbons (Fsp3) is 0.167. The van der Waals surface area contributed by atoms with Gasteiger partial charge in [-0.05, 0) is 24.6 Å². The van der Waals surface area contributed by atoms with Crippen LogP contribution in [0.5, 0.6) is 5.75 Å². The van der Waals surface area contributed by atoms with E-state index in [9.17, 15) is 4.79 Å². The molecule has 1 aromatic heterocycles. The molecule has 0 unspecified atom stereocenters. The Kier molecular flexibility index (Phi) is 3.56. The maximum absolute atomic E-state index is 10.9. The number of hydrogen-bond acceptors (Lipinski definition) is 5. The first kappa shape index (κ1) is 12.7. The maximum Gasteiger partial charge on any atom is 0.409 e. The number of hydrogen-bond donors (Lipinski definition) is 2. The first-order valence-electron chi connectivity index (χ1n) is 5.42. The second-order valence-corrected chi connectivity index (χ2v) is 3.76. The highest BCUT2D eigenvalue weighted by atomic mass is 16.5. The average molecular weight is 260 g/mol. The number of benzene rings is 1. The summed E-state index contributed by atoms with van der Waals surface area (Å²) >= 11 is 0. The van der Waals surface area contributed by atoms with Crippen molar-refractivity contribution in [2.24, 2.45) is 0 Å².